The molecule has 0 spiro atoms. The minimum absolute atomic E-state index is 0.0930. The summed E-state index contributed by atoms with van der Waals surface area (Å²) in [5.74, 6) is -0.130. The van der Waals surface area contributed by atoms with Gasteiger partial charge in [-0.2, -0.15) is 8.42 Å². The van der Waals surface area contributed by atoms with Gasteiger partial charge in [-0.25, -0.2) is 4.39 Å². The predicted octanol–water partition coefficient (Wildman–Crippen LogP) is 3.17. The first-order valence-corrected chi connectivity index (χ1v) is 12.2. The summed E-state index contributed by atoms with van der Waals surface area (Å²) < 4.78 is 41.5. The van der Waals surface area contributed by atoms with Gasteiger partial charge in [-0.15, -0.1) is 0 Å². The van der Waals surface area contributed by atoms with Gasteiger partial charge < -0.3 is 4.90 Å². The second-order valence-corrected chi connectivity index (χ2v) is 9.83. The minimum Gasteiger partial charge on any atom is -0.303 e. The van der Waals surface area contributed by atoms with E-state index >= 15 is 0 Å². The summed E-state index contributed by atoms with van der Waals surface area (Å²) in [5, 5.41) is 0. The van der Waals surface area contributed by atoms with Crippen molar-refractivity contribution in [1.29, 1.82) is 0 Å². The van der Waals surface area contributed by atoms with Crippen LogP contribution in [0.5, 0.6) is 0 Å². The van der Waals surface area contributed by atoms with E-state index in [0.29, 0.717) is 0 Å². The lowest BCUT2D eigenvalue weighted by Gasteiger charge is -2.42. The molecule has 5 nitrogen and oxygen atoms in total. The molecule has 1 aliphatic heterocycles. The third kappa shape index (κ3) is 7.16. The molecule has 30 heavy (non-hydrogen) atoms. The monoisotopic (exact) mass is 434 g/mol. The zero-order valence-electron chi connectivity index (χ0n) is 17.7. The first-order valence-electron chi connectivity index (χ1n) is 10.4. The molecule has 2 aromatic carbocycles. The summed E-state index contributed by atoms with van der Waals surface area (Å²) in [6.45, 7) is 3.59. The fourth-order valence-corrected chi connectivity index (χ4v) is 4.60. The molecule has 3 rings (SSSR count). The standard InChI is InChI=1S/C23H31FN2O3S/c1-25(16-20-6-4-3-5-7-20)23-13-15-26(17-21(23)18-29-30(2,27)28)14-12-19-8-10-22(24)11-9-19/h3-11,21,23H,12-18H2,1-2H3/t21-,23+/m0/s1. The number of hydrogen-bond donors (Lipinski definition) is 0. The van der Waals surface area contributed by atoms with Gasteiger partial charge in [0, 0.05) is 31.6 Å². The van der Waals surface area contributed by atoms with Gasteiger partial charge in [-0.1, -0.05) is 42.5 Å². The molecule has 1 saturated heterocycles. The highest BCUT2D eigenvalue weighted by molar-refractivity contribution is 7.85. The van der Waals surface area contributed by atoms with E-state index < -0.39 is 10.1 Å². The summed E-state index contributed by atoms with van der Waals surface area (Å²) in [6.07, 6.45) is 2.89. The van der Waals surface area contributed by atoms with Crippen LogP contribution in [0.25, 0.3) is 0 Å². The quantitative estimate of drug-likeness (QED) is 0.568. The highest BCUT2D eigenvalue weighted by Crippen LogP contribution is 2.24. The number of nitrogens with zero attached hydrogens (tertiary/aromatic N) is 2. The van der Waals surface area contributed by atoms with Crippen molar-refractivity contribution in [2.45, 2.75) is 25.4 Å². The molecule has 0 radical (unpaired) electrons. The van der Waals surface area contributed by atoms with Gasteiger partial charge in [0.15, 0.2) is 0 Å². The molecule has 0 bridgehead atoms. The molecule has 0 amide bonds. The third-order valence-electron chi connectivity index (χ3n) is 5.75. The fraction of sp³-hybridized carbons (Fsp3) is 0.478. The number of halogens is 1. The van der Waals surface area contributed by atoms with Gasteiger partial charge in [0.05, 0.1) is 12.9 Å². The Morgan fingerprint density at radius 3 is 2.47 bits per heavy atom. The van der Waals surface area contributed by atoms with Crippen LogP contribution in [0.1, 0.15) is 17.5 Å². The van der Waals surface area contributed by atoms with E-state index in [1.54, 1.807) is 0 Å². The zero-order valence-corrected chi connectivity index (χ0v) is 18.5. The zero-order chi connectivity index (χ0) is 21.6. The molecule has 0 N–H and O–H groups in total. The molecule has 0 aliphatic carbocycles. The van der Waals surface area contributed by atoms with Gasteiger partial charge in [0.2, 0.25) is 0 Å². The number of likely N-dealkylation sites (tertiary alicyclic amines) is 1. The Morgan fingerprint density at radius 2 is 1.80 bits per heavy atom. The van der Waals surface area contributed by atoms with Gasteiger partial charge in [0.1, 0.15) is 5.82 Å². The Hall–Kier alpha value is -1.80. The summed E-state index contributed by atoms with van der Waals surface area (Å²) in [7, 11) is -1.38. The summed E-state index contributed by atoms with van der Waals surface area (Å²) >= 11 is 0. The molecule has 0 unspecified atom stereocenters. The fourth-order valence-electron chi connectivity index (χ4n) is 4.18. The van der Waals surface area contributed by atoms with Crippen LogP contribution in [-0.4, -0.2) is 63.8 Å². The van der Waals surface area contributed by atoms with E-state index in [9.17, 15) is 12.8 Å². The highest BCUT2D eigenvalue weighted by atomic mass is 32.2. The number of rotatable bonds is 9. The van der Waals surface area contributed by atoms with Crippen LogP contribution in [0.3, 0.4) is 0 Å². The Balaban J connectivity index is 1.62. The van der Waals surface area contributed by atoms with Gasteiger partial charge in [0.25, 0.3) is 10.1 Å². The highest BCUT2D eigenvalue weighted by Gasteiger charge is 2.32. The molecular weight excluding hydrogens is 403 g/mol. The molecular formula is C23H31FN2O3S. The molecule has 2 atom stereocenters. The average Bonchev–Trinajstić information content (AvgIpc) is 2.72. The van der Waals surface area contributed by atoms with Crippen molar-refractivity contribution >= 4 is 10.1 Å². The van der Waals surface area contributed by atoms with Crippen molar-refractivity contribution in [2.75, 3.05) is 39.5 Å². The number of piperidine rings is 1. The number of hydrogen-bond acceptors (Lipinski definition) is 5. The van der Waals surface area contributed by atoms with Crippen LogP contribution >= 0.6 is 0 Å². The summed E-state index contributed by atoms with van der Waals surface area (Å²) in [6, 6.07) is 17.1. The van der Waals surface area contributed by atoms with E-state index in [1.165, 1.54) is 17.7 Å². The van der Waals surface area contributed by atoms with E-state index in [-0.39, 0.29) is 24.4 Å². The first-order chi connectivity index (χ1) is 14.3. The van der Waals surface area contributed by atoms with Crippen LogP contribution < -0.4 is 0 Å². The van der Waals surface area contributed by atoms with Crippen molar-refractivity contribution < 1.29 is 17.0 Å². The van der Waals surface area contributed by atoms with Gasteiger partial charge >= 0.3 is 0 Å². The van der Waals surface area contributed by atoms with Crippen LogP contribution in [0, 0.1) is 11.7 Å². The lowest BCUT2D eigenvalue weighted by Crippen LogP contribution is -2.51. The second kappa shape index (κ2) is 10.5. The van der Waals surface area contributed by atoms with Crippen molar-refractivity contribution in [3.63, 3.8) is 0 Å². The molecule has 0 aromatic heterocycles. The predicted molar refractivity (Wildman–Crippen MR) is 117 cm³/mol. The maximum absolute atomic E-state index is 13.1. The molecule has 1 fully saturated rings. The van der Waals surface area contributed by atoms with Crippen molar-refractivity contribution in [3.8, 4) is 0 Å². The van der Waals surface area contributed by atoms with E-state index in [0.717, 1.165) is 50.8 Å². The summed E-state index contributed by atoms with van der Waals surface area (Å²) in [4.78, 5) is 4.66. The Bertz CT molecular complexity index is 890. The van der Waals surface area contributed by atoms with Crippen LogP contribution in [0.4, 0.5) is 4.39 Å². The number of benzene rings is 2. The molecule has 1 aliphatic rings. The van der Waals surface area contributed by atoms with E-state index in [2.05, 4.69) is 29.0 Å². The maximum Gasteiger partial charge on any atom is 0.264 e. The first kappa shape index (κ1) is 22.9. The van der Waals surface area contributed by atoms with Crippen LogP contribution in [0.15, 0.2) is 54.6 Å². The largest absolute Gasteiger partial charge is 0.303 e. The molecule has 0 saturated carbocycles. The van der Waals surface area contributed by atoms with E-state index in [1.807, 2.05) is 30.3 Å². The molecule has 1 heterocycles. The van der Waals surface area contributed by atoms with Gasteiger partial charge in [-0.3, -0.25) is 9.08 Å². The Labute approximate surface area is 179 Å². The van der Waals surface area contributed by atoms with Crippen molar-refractivity contribution in [3.05, 3.63) is 71.5 Å². The Kier molecular flexibility index (Phi) is 7.99. The second-order valence-electron chi connectivity index (χ2n) is 8.18. The van der Waals surface area contributed by atoms with Crippen molar-refractivity contribution in [1.82, 2.24) is 9.80 Å². The summed E-state index contributed by atoms with van der Waals surface area (Å²) in [5.41, 5.74) is 2.34. The third-order valence-corrected chi connectivity index (χ3v) is 6.31. The van der Waals surface area contributed by atoms with Crippen LogP contribution in [0.2, 0.25) is 0 Å². The molecule has 2 aromatic rings. The average molecular weight is 435 g/mol. The lowest BCUT2D eigenvalue weighted by molar-refractivity contribution is 0.0433. The van der Waals surface area contributed by atoms with Crippen molar-refractivity contribution in [2.24, 2.45) is 5.92 Å². The topological polar surface area (TPSA) is 49.9 Å². The van der Waals surface area contributed by atoms with E-state index in [4.69, 9.17) is 4.18 Å². The molecule has 164 valence electrons. The Morgan fingerprint density at radius 1 is 1.10 bits per heavy atom. The van der Waals surface area contributed by atoms with Gasteiger partial charge in [-0.05, 0) is 49.7 Å². The maximum atomic E-state index is 13.1. The lowest BCUT2D eigenvalue weighted by atomic mass is 9.91. The van der Waals surface area contributed by atoms with Crippen LogP contribution in [-0.2, 0) is 27.3 Å². The minimum atomic E-state index is -3.48. The SMILES string of the molecule is CN(Cc1ccccc1)[C@@H]1CCN(CCc2ccc(F)cc2)C[C@H]1COS(C)(=O)=O. The normalized spacial score (nSPS) is 20.5. The molecule has 7 heteroatoms. The smallest absolute Gasteiger partial charge is 0.264 e.